The van der Waals surface area contributed by atoms with Gasteiger partial charge in [0.1, 0.15) is 5.54 Å². The van der Waals surface area contributed by atoms with Crippen LogP contribution in [0.25, 0.3) is 0 Å². The average molecular weight is 345 g/mol. The topological polar surface area (TPSA) is 95.7 Å². The molecule has 0 radical (unpaired) electrons. The highest BCUT2D eigenvalue weighted by Crippen LogP contribution is 2.35. The van der Waals surface area contributed by atoms with Crippen LogP contribution < -0.4 is 11.1 Å². The molecule has 1 aliphatic carbocycles. The van der Waals surface area contributed by atoms with Gasteiger partial charge in [-0.3, -0.25) is 14.5 Å². The summed E-state index contributed by atoms with van der Waals surface area (Å²) in [6.07, 6.45) is 5.45. The molecule has 23 heavy (non-hydrogen) atoms. The van der Waals surface area contributed by atoms with Crippen molar-refractivity contribution in [3.8, 4) is 0 Å². The van der Waals surface area contributed by atoms with E-state index in [9.17, 15) is 14.4 Å². The summed E-state index contributed by atoms with van der Waals surface area (Å²) in [4.78, 5) is 39.9. The molecule has 2 aliphatic heterocycles. The van der Waals surface area contributed by atoms with Gasteiger partial charge >= 0.3 is 6.03 Å². The quantitative estimate of drug-likeness (QED) is 0.730. The Balaban J connectivity index is 0.00000192. The Morgan fingerprint density at radius 1 is 1.26 bits per heavy atom. The number of nitrogens with zero attached hydrogens (tertiary/aromatic N) is 2. The van der Waals surface area contributed by atoms with Crippen LogP contribution >= 0.6 is 12.4 Å². The highest BCUT2D eigenvalue weighted by Gasteiger charge is 2.52. The second kappa shape index (κ2) is 7.05. The molecule has 3 N–H and O–H groups in total. The summed E-state index contributed by atoms with van der Waals surface area (Å²) in [5.41, 5.74) is 4.99. The second-order valence-corrected chi connectivity index (χ2v) is 6.55. The third-order valence-electron chi connectivity index (χ3n) is 5.22. The van der Waals surface area contributed by atoms with Gasteiger partial charge in [0.15, 0.2) is 0 Å². The van der Waals surface area contributed by atoms with Gasteiger partial charge in [-0.15, -0.1) is 12.4 Å². The zero-order valence-electron chi connectivity index (χ0n) is 13.3. The summed E-state index contributed by atoms with van der Waals surface area (Å²) in [5.74, 6) is -0.166. The van der Waals surface area contributed by atoms with E-state index in [0.717, 1.165) is 32.2 Å². The van der Waals surface area contributed by atoms with Crippen LogP contribution in [-0.4, -0.2) is 58.9 Å². The van der Waals surface area contributed by atoms with Crippen LogP contribution in [0.2, 0.25) is 0 Å². The third kappa shape index (κ3) is 3.17. The number of hydrogen-bond acceptors (Lipinski definition) is 4. The van der Waals surface area contributed by atoms with Gasteiger partial charge in [0.25, 0.3) is 5.91 Å². The number of imide groups is 1. The van der Waals surface area contributed by atoms with Crippen LogP contribution in [0.5, 0.6) is 0 Å². The first-order valence-electron chi connectivity index (χ1n) is 8.21. The number of carbonyl (C=O) groups excluding carboxylic acids is 3. The molecular formula is C15H25ClN4O3. The van der Waals surface area contributed by atoms with Gasteiger partial charge in [-0.1, -0.05) is 12.8 Å². The molecule has 0 aromatic rings. The number of amides is 4. The lowest BCUT2D eigenvalue weighted by molar-refractivity contribution is -0.134. The number of nitrogens with two attached hydrogens (primary N) is 1. The molecule has 3 fully saturated rings. The van der Waals surface area contributed by atoms with E-state index >= 15 is 0 Å². The number of nitrogens with one attached hydrogen (secondary N) is 1. The first kappa shape index (κ1) is 18.0. The normalized spacial score (nSPS) is 25.9. The minimum atomic E-state index is -0.687. The van der Waals surface area contributed by atoms with Crippen molar-refractivity contribution in [2.24, 2.45) is 5.73 Å². The summed E-state index contributed by atoms with van der Waals surface area (Å²) in [5, 5.41) is 2.83. The smallest absolute Gasteiger partial charge is 0.325 e. The zero-order chi connectivity index (χ0) is 15.7. The first-order valence-corrected chi connectivity index (χ1v) is 8.21. The fourth-order valence-electron chi connectivity index (χ4n) is 3.96. The van der Waals surface area contributed by atoms with Crippen molar-refractivity contribution < 1.29 is 14.4 Å². The van der Waals surface area contributed by atoms with Crippen LogP contribution in [0.4, 0.5) is 4.79 Å². The van der Waals surface area contributed by atoms with Crippen molar-refractivity contribution in [1.29, 1.82) is 0 Å². The van der Waals surface area contributed by atoms with E-state index in [1.54, 1.807) is 4.90 Å². The van der Waals surface area contributed by atoms with Crippen molar-refractivity contribution in [1.82, 2.24) is 15.1 Å². The monoisotopic (exact) mass is 344 g/mol. The van der Waals surface area contributed by atoms with Gasteiger partial charge in [-0.05, 0) is 25.7 Å². The van der Waals surface area contributed by atoms with Gasteiger partial charge in [0.2, 0.25) is 5.91 Å². The van der Waals surface area contributed by atoms with E-state index < -0.39 is 5.54 Å². The molecule has 4 amide bonds. The van der Waals surface area contributed by atoms with E-state index in [2.05, 4.69) is 5.32 Å². The van der Waals surface area contributed by atoms with E-state index in [1.165, 1.54) is 4.90 Å². The second-order valence-electron chi connectivity index (χ2n) is 6.55. The Morgan fingerprint density at radius 3 is 2.61 bits per heavy atom. The van der Waals surface area contributed by atoms with Crippen LogP contribution in [-0.2, 0) is 9.59 Å². The predicted molar refractivity (Wildman–Crippen MR) is 87.1 cm³/mol. The summed E-state index contributed by atoms with van der Waals surface area (Å²) < 4.78 is 0. The molecule has 0 aromatic heterocycles. The largest absolute Gasteiger partial charge is 0.338 e. The fraction of sp³-hybridized carbons (Fsp3) is 0.800. The molecule has 1 unspecified atom stereocenters. The zero-order valence-corrected chi connectivity index (χ0v) is 14.1. The maximum Gasteiger partial charge on any atom is 0.325 e. The SMILES string of the molecule is Cl.NCC1CCCN1C(=O)CCN1C(=O)NC2(CCCC2)C1=O. The molecule has 2 heterocycles. The fourth-order valence-corrected chi connectivity index (χ4v) is 3.96. The molecule has 7 nitrogen and oxygen atoms in total. The maximum absolute atomic E-state index is 12.5. The van der Waals surface area contributed by atoms with E-state index in [1.807, 2.05) is 0 Å². The van der Waals surface area contributed by atoms with Gasteiger partial charge in [-0.25, -0.2) is 4.79 Å². The minimum Gasteiger partial charge on any atom is -0.338 e. The minimum absolute atomic E-state index is 0. The van der Waals surface area contributed by atoms with Crippen molar-refractivity contribution in [2.75, 3.05) is 19.6 Å². The molecule has 3 aliphatic rings. The average Bonchev–Trinajstić information content (AvgIpc) is 3.20. The number of carbonyl (C=O) groups is 3. The number of likely N-dealkylation sites (tertiary alicyclic amines) is 1. The summed E-state index contributed by atoms with van der Waals surface area (Å²) in [7, 11) is 0. The van der Waals surface area contributed by atoms with Gasteiger partial charge in [-0.2, -0.15) is 0 Å². The molecule has 2 saturated heterocycles. The Morgan fingerprint density at radius 2 is 1.96 bits per heavy atom. The number of urea groups is 1. The molecule has 8 heteroatoms. The van der Waals surface area contributed by atoms with Gasteiger partial charge in [0.05, 0.1) is 0 Å². The maximum atomic E-state index is 12.5. The lowest BCUT2D eigenvalue weighted by atomic mass is 9.98. The van der Waals surface area contributed by atoms with Crippen LogP contribution in [0.3, 0.4) is 0 Å². The third-order valence-corrected chi connectivity index (χ3v) is 5.22. The van der Waals surface area contributed by atoms with Crippen LogP contribution in [0.1, 0.15) is 44.9 Å². The van der Waals surface area contributed by atoms with E-state index in [0.29, 0.717) is 19.4 Å². The van der Waals surface area contributed by atoms with E-state index in [-0.39, 0.29) is 49.3 Å². The Hall–Kier alpha value is -1.34. The Kier molecular flexibility index (Phi) is 5.52. The highest BCUT2D eigenvalue weighted by atomic mass is 35.5. The Labute approximate surface area is 142 Å². The van der Waals surface area contributed by atoms with E-state index in [4.69, 9.17) is 5.73 Å². The van der Waals surface area contributed by atoms with Crippen LogP contribution in [0, 0.1) is 0 Å². The number of rotatable bonds is 4. The number of halogens is 1. The molecule has 0 bridgehead atoms. The standard InChI is InChI=1S/C15H24N4O3.ClH/c16-10-11-4-3-8-18(11)12(20)5-9-19-13(21)15(17-14(19)22)6-1-2-7-15;/h11H,1-10,16H2,(H,17,22);1H. The summed E-state index contributed by atoms with van der Waals surface area (Å²) >= 11 is 0. The summed E-state index contributed by atoms with van der Waals surface area (Å²) in [6.45, 7) is 1.36. The molecule has 3 rings (SSSR count). The lowest BCUT2D eigenvalue weighted by Crippen LogP contribution is -2.44. The highest BCUT2D eigenvalue weighted by molar-refractivity contribution is 6.07. The first-order chi connectivity index (χ1) is 10.6. The summed E-state index contributed by atoms with van der Waals surface area (Å²) in [6, 6.07) is -0.242. The molecule has 1 atom stereocenters. The Bertz CT molecular complexity index is 493. The predicted octanol–water partition coefficient (Wildman–Crippen LogP) is 0.613. The van der Waals surface area contributed by atoms with Crippen molar-refractivity contribution in [3.05, 3.63) is 0 Å². The molecular weight excluding hydrogens is 320 g/mol. The van der Waals surface area contributed by atoms with Gasteiger partial charge in [0, 0.05) is 32.1 Å². The lowest BCUT2D eigenvalue weighted by Gasteiger charge is -2.24. The molecule has 1 saturated carbocycles. The van der Waals surface area contributed by atoms with Gasteiger partial charge < -0.3 is 16.0 Å². The van der Waals surface area contributed by atoms with Crippen LogP contribution in [0.15, 0.2) is 0 Å². The molecule has 130 valence electrons. The number of hydrogen-bond donors (Lipinski definition) is 2. The molecule has 1 spiro atoms. The van der Waals surface area contributed by atoms with Crippen molar-refractivity contribution in [3.63, 3.8) is 0 Å². The van der Waals surface area contributed by atoms with Crippen molar-refractivity contribution >= 4 is 30.3 Å². The van der Waals surface area contributed by atoms with Crippen molar-refractivity contribution in [2.45, 2.75) is 56.5 Å². The molecule has 0 aromatic carbocycles.